The largest absolute Gasteiger partial charge is 0.512 e. The van der Waals surface area contributed by atoms with Gasteiger partial charge in [-0.15, -0.1) is 64.5 Å². The van der Waals surface area contributed by atoms with Crippen molar-refractivity contribution < 1.29 is 30.0 Å². The Balaban J connectivity index is 0.000000372. The molecule has 295 valence electrons. The van der Waals surface area contributed by atoms with E-state index in [1.807, 2.05) is 58.2 Å². The molecule has 5 heteroatoms. The molecular formula is C51H58IrN2O2-2. The van der Waals surface area contributed by atoms with Gasteiger partial charge in [0, 0.05) is 49.6 Å². The number of aromatic nitrogens is 2. The van der Waals surface area contributed by atoms with E-state index in [4.69, 9.17) is 4.98 Å². The molecule has 56 heavy (non-hydrogen) atoms. The molecule has 0 bridgehead atoms. The Kier molecular flexibility index (Phi) is 17.2. The summed E-state index contributed by atoms with van der Waals surface area (Å²) in [4.78, 5) is 21.6. The SMILES string of the molecule is CCC(CC)C(=O)/C=C(\O)C(CC)CC.Cc1[c-]c(-c2cc(CC(C)C)c3ccc(CCCc4ccc(-c5[c-]cccc5)nc4)cc3n2)c2ccccc2c1.[Ir]. The fraction of sp³-hybridized carbons (Fsp3) is 0.353. The molecule has 0 unspecified atom stereocenters. The van der Waals surface area contributed by atoms with E-state index in [2.05, 4.69) is 105 Å². The van der Waals surface area contributed by atoms with Crippen LogP contribution in [0.5, 0.6) is 0 Å². The van der Waals surface area contributed by atoms with Crippen LogP contribution >= 0.6 is 0 Å². The number of hydrogen-bond acceptors (Lipinski definition) is 4. The second-order valence-corrected chi connectivity index (χ2v) is 15.2. The number of carbonyl (C=O) groups excluding carboxylic acids is 1. The smallest absolute Gasteiger partial charge is 0.162 e. The number of hydrogen-bond donors (Lipinski definition) is 1. The van der Waals surface area contributed by atoms with Crippen molar-refractivity contribution >= 4 is 27.5 Å². The molecule has 2 heterocycles. The van der Waals surface area contributed by atoms with E-state index in [1.54, 1.807) is 0 Å². The first-order chi connectivity index (χ1) is 26.6. The molecule has 0 fully saturated rings. The molecule has 0 saturated heterocycles. The molecule has 4 aromatic carbocycles. The van der Waals surface area contributed by atoms with Crippen LogP contribution in [0.3, 0.4) is 0 Å². The standard InChI is InChI=1S/C38H34N2.C13H24O2.Ir/c1-26(2)20-32-24-38(35-22-27(3)21-31-14-7-8-15-33(31)35)40-37-23-28(16-18-34(32)37)10-9-11-29-17-19-36(39-25-29)30-12-5-4-6-13-30;1-5-10(6-2)12(14)9-13(15)11(7-3)8-4;/h4-8,12,14-19,21,23-26H,9-11,20H2,1-3H3;9-11,14H,5-8H2,1-4H3;/q-2;;/b;12-9-;. The van der Waals surface area contributed by atoms with E-state index in [1.165, 1.54) is 38.9 Å². The van der Waals surface area contributed by atoms with Crippen molar-refractivity contribution in [3.05, 3.63) is 143 Å². The van der Waals surface area contributed by atoms with Crippen LogP contribution in [0.15, 0.2) is 109 Å². The van der Waals surface area contributed by atoms with Gasteiger partial charge in [0.2, 0.25) is 0 Å². The first kappa shape index (κ1) is 44.3. The van der Waals surface area contributed by atoms with Crippen LogP contribution in [0.25, 0.3) is 44.2 Å². The quantitative estimate of drug-likeness (QED) is 0.0633. The Labute approximate surface area is 349 Å². The van der Waals surface area contributed by atoms with E-state index in [0.717, 1.165) is 85.0 Å². The number of aliphatic hydroxyl groups is 1. The van der Waals surface area contributed by atoms with Crippen molar-refractivity contribution in [1.82, 2.24) is 9.97 Å². The van der Waals surface area contributed by atoms with Crippen LogP contribution in [-0.2, 0) is 44.2 Å². The third-order valence-electron chi connectivity index (χ3n) is 10.6. The second-order valence-electron chi connectivity index (χ2n) is 15.2. The van der Waals surface area contributed by atoms with Gasteiger partial charge < -0.3 is 10.1 Å². The van der Waals surface area contributed by atoms with Crippen molar-refractivity contribution in [2.24, 2.45) is 17.8 Å². The summed E-state index contributed by atoms with van der Waals surface area (Å²) in [6.45, 7) is 14.8. The molecule has 0 aliphatic carbocycles. The van der Waals surface area contributed by atoms with Crippen LogP contribution in [-0.4, -0.2) is 20.9 Å². The molecule has 6 aromatic rings. The van der Waals surface area contributed by atoms with E-state index < -0.39 is 0 Å². The van der Waals surface area contributed by atoms with Gasteiger partial charge in [-0.3, -0.25) is 9.78 Å². The molecule has 6 rings (SSSR count). The van der Waals surface area contributed by atoms with Crippen LogP contribution in [0.4, 0.5) is 0 Å². The molecule has 0 saturated carbocycles. The number of carbonyl (C=O) groups is 1. The molecule has 1 N–H and O–H groups in total. The maximum Gasteiger partial charge on any atom is 0.162 e. The molecule has 0 aliphatic rings. The summed E-state index contributed by atoms with van der Waals surface area (Å²) < 4.78 is 0. The monoisotopic (exact) mass is 923 g/mol. The molecule has 0 atom stereocenters. The normalized spacial score (nSPS) is 11.6. The number of aliphatic hydroxyl groups excluding tert-OH is 1. The molecule has 4 nitrogen and oxygen atoms in total. The maximum atomic E-state index is 11.7. The van der Waals surface area contributed by atoms with Crippen LogP contribution in [0, 0.1) is 36.8 Å². The van der Waals surface area contributed by atoms with Crippen LogP contribution < -0.4 is 0 Å². The van der Waals surface area contributed by atoms with Gasteiger partial charge in [-0.2, -0.15) is 0 Å². The number of benzene rings is 4. The first-order valence-corrected chi connectivity index (χ1v) is 20.3. The average Bonchev–Trinajstić information content (AvgIpc) is 3.19. The van der Waals surface area contributed by atoms with Crippen LogP contribution in [0.2, 0.25) is 0 Å². The fourth-order valence-corrected chi connectivity index (χ4v) is 7.39. The molecule has 2 aromatic heterocycles. The predicted molar refractivity (Wildman–Crippen MR) is 231 cm³/mol. The summed E-state index contributed by atoms with van der Waals surface area (Å²) in [6.07, 6.45) is 11.0. The van der Waals surface area contributed by atoms with Gasteiger partial charge in [-0.1, -0.05) is 108 Å². The van der Waals surface area contributed by atoms with E-state index in [0.29, 0.717) is 5.92 Å². The Hall–Kier alpha value is -4.44. The summed E-state index contributed by atoms with van der Waals surface area (Å²) in [5, 5.41) is 13.5. The van der Waals surface area contributed by atoms with E-state index in [-0.39, 0.29) is 43.5 Å². The number of ketones is 1. The van der Waals surface area contributed by atoms with Gasteiger partial charge in [0.1, 0.15) is 0 Å². The van der Waals surface area contributed by atoms with Crippen molar-refractivity contribution in [2.75, 3.05) is 0 Å². The number of nitrogens with zero attached hydrogens (tertiary/aromatic N) is 2. The van der Waals surface area contributed by atoms with Gasteiger partial charge in [-0.25, -0.2) is 0 Å². The molecular weight excluding hydrogens is 865 g/mol. The fourth-order valence-electron chi connectivity index (χ4n) is 7.39. The number of aryl methyl sites for hydroxylation is 3. The van der Waals surface area contributed by atoms with Crippen molar-refractivity contribution in [3.8, 4) is 22.5 Å². The summed E-state index contributed by atoms with van der Waals surface area (Å²) in [5.41, 5.74) is 10.3. The number of allylic oxidation sites excluding steroid dienone is 2. The zero-order valence-electron chi connectivity index (χ0n) is 34.3. The van der Waals surface area contributed by atoms with Gasteiger partial charge in [0.15, 0.2) is 5.78 Å². The zero-order valence-corrected chi connectivity index (χ0v) is 36.7. The van der Waals surface area contributed by atoms with Gasteiger partial charge in [-0.05, 0) is 91.4 Å². The maximum absolute atomic E-state index is 11.7. The van der Waals surface area contributed by atoms with Gasteiger partial charge in [0.25, 0.3) is 0 Å². The summed E-state index contributed by atoms with van der Waals surface area (Å²) >= 11 is 0. The summed E-state index contributed by atoms with van der Waals surface area (Å²) in [6, 6.07) is 39.1. The Bertz CT molecular complexity index is 2180. The van der Waals surface area contributed by atoms with Gasteiger partial charge in [0.05, 0.1) is 11.3 Å². The van der Waals surface area contributed by atoms with Gasteiger partial charge >= 0.3 is 0 Å². The topological polar surface area (TPSA) is 63.1 Å². The predicted octanol–water partition coefficient (Wildman–Crippen LogP) is 13.3. The molecule has 0 spiro atoms. The summed E-state index contributed by atoms with van der Waals surface area (Å²) in [7, 11) is 0. The summed E-state index contributed by atoms with van der Waals surface area (Å²) in [5.74, 6) is 1.11. The second kappa shape index (κ2) is 21.8. The number of rotatable bonds is 15. The van der Waals surface area contributed by atoms with E-state index >= 15 is 0 Å². The average molecular weight is 923 g/mol. The first-order valence-electron chi connectivity index (χ1n) is 20.3. The number of fused-ring (bicyclic) bond motifs is 2. The molecule has 0 amide bonds. The third kappa shape index (κ3) is 11.8. The number of pyridine rings is 2. The van der Waals surface area contributed by atoms with Crippen LogP contribution in [0.1, 0.15) is 95.9 Å². The third-order valence-corrected chi connectivity index (χ3v) is 10.6. The molecule has 0 aliphatic heterocycles. The van der Waals surface area contributed by atoms with E-state index in [9.17, 15) is 9.90 Å². The minimum Gasteiger partial charge on any atom is -0.512 e. The van der Waals surface area contributed by atoms with Crippen molar-refractivity contribution in [3.63, 3.8) is 0 Å². The van der Waals surface area contributed by atoms with Crippen molar-refractivity contribution in [2.45, 2.75) is 99.8 Å². The minimum absolute atomic E-state index is 0. The Morgan fingerprint density at radius 2 is 1.48 bits per heavy atom. The van der Waals surface area contributed by atoms with Crippen molar-refractivity contribution in [1.29, 1.82) is 0 Å². The Morgan fingerprint density at radius 1 is 0.786 bits per heavy atom. The minimum atomic E-state index is 0. The zero-order chi connectivity index (χ0) is 39.3. The Morgan fingerprint density at radius 3 is 2.14 bits per heavy atom. The molecule has 1 radical (unpaired) electrons.